The van der Waals surface area contributed by atoms with Gasteiger partial charge >= 0.3 is 6.61 Å². The Kier molecular flexibility index (Phi) is 7.52. The van der Waals surface area contributed by atoms with Crippen LogP contribution in [0.2, 0.25) is 5.02 Å². The smallest absolute Gasteiger partial charge is 0.387 e. The Morgan fingerprint density at radius 2 is 2.29 bits per heavy atom. The van der Waals surface area contributed by atoms with Crippen molar-refractivity contribution in [3.63, 3.8) is 0 Å². The molecule has 0 aliphatic carbocycles. The molecule has 0 spiro atoms. The van der Waals surface area contributed by atoms with Gasteiger partial charge in [0.2, 0.25) is 0 Å². The molecule has 5 nitrogen and oxygen atoms in total. The fourth-order valence-electron chi connectivity index (χ4n) is 2.40. The molecule has 1 fully saturated rings. The highest BCUT2D eigenvalue weighted by Gasteiger charge is 2.15. The van der Waals surface area contributed by atoms with Crippen molar-refractivity contribution in [2.75, 3.05) is 19.7 Å². The zero-order valence-corrected chi connectivity index (χ0v) is 14.3. The van der Waals surface area contributed by atoms with Crippen LogP contribution in [0.25, 0.3) is 0 Å². The number of benzene rings is 1. The van der Waals surface area contributed by atoms with Crippen LogP contribution in [-0.2, 0) is 11.3 Å². The van der Waals surface area contributed by atoms with Crippen LogP contribution in [0.5, 0.6) is 5.75 Å². The highest BCUT2D eigenvalue weighted by Crippen LogP contribution is 2.25. The van der Waals surface area contributed by atoms with Gasteiger partial charge in [0.05, 0.1) is 12.6 Å². The molecule has 0 saturated carbocycles. The molecule has 0 amide bonds. The van der Waals surface area contributed by atoms with E-state index < -0.39 is 6.61 Å². The van der Waals surface area contributed by atoms with Gasteiger partial charge < -0.3 is 20.1 Å². The van der Waals surface area contributed by atoms with E-state index in [1.165, 1.54) is 12.1 Å². The van der Waals surface area contributed by atoms with Gasteiger partial charge in [0.15, 0.2) is 5.96 Å². The molecular formula is C16H22ClF2N3O2. The van der Waals surface area contributed by atoms with Gasteiger partial charge in [0.25, 0.3) is 0 Å². The van der Waals surface area contributed by atoms with Gasteiger partial charge in [-0.1, -0.05) is 11.6 Å². The number of guanidine groups is 1. The monoisotopic (exact) mass is 361 g/mol. The summed E-state index contributed by atoms with van der Waals surface area (Å²) in [5, 5.41) is 6.76. The van der Waals surface area contributed by atoms with Crippen molar-refractivity contribution in [2.45, 2.75) is 39.0 Å². The molecule has 1 aliphatic heterocycles. The van der Waals surface area contributed by atoms with Crippen LogP contribution in [0.3, 0.4) is 0 Å². The molecule has 1 aliphatic rings. The Labute approximate surface area is 145 Å². The number of hydrogen-bond acceptors (Lipinski definition) is 3. The second-order valence-corrected chi connectivity index (χ2v) is 5.78. The van der Waals surface area contributed by atoms with E-state index in [9.17, 15) is 8.78 Å². The fraction of sp³-hybridized carbons (Fsp3) is 0.562. The van der Waals surface area contributed by atoms with Crippen molar-refractivity contribution in [3.8, 4) is 5.75 Å². The second-order valence-electron chi connectivity index (χ2n) is 5.34. The van der Waals surface area contributed by atoms with Crippen LogP contribution < -0.4 is 15.4 Å². The lowest BCUT2D eigenvalue weighted by atomic mass is 10.2. The minimum atomic E-state index is -2.89. The van der Waals surface area contributed by atoms with Crippen molar-refractivity contribution in [2.24, 2.45) is 4.99 Å². The van der Waals surface area contributed by atoms with Crippen molar-refractivity contribution in [1.29, 1.82) is 0 Å². The van der Waals surface area contributed by atoms with E-state index in [4.69, 9.17) is 16.3 Å². The average Bonchev–Trinajstić information content (AvgIpc) is 3.05. The Balaban J connectivity index is 2.02. The highest BCUT2D eigenvalue weighted by atomic mass is 35.5. The predicted octanol–water partition coefficient (Wildman–Crippen LogP) is 3.18. The van der Waals surface area contributed by atoms with E-state index in [0.29, 0.717) is 29.6 Å². The first-order chi connectivity index (χ1) is 11.6. The summed E-state index contributed by atoms with van der Waals surface area (Å²) in [4.78, 5) is 4.41. The van der Waals surface area contributed by atoms with Crippen LogP contribution in [-0.4, -0.2) is 38.4 Å². The van der Waals surface area contributed by atoms with Gasteiger partial charge in [-0.05, 0) is 38.0 Å². The van der Waals surface area contributed by atoms with Crippen LogP contribution in [0.1, 0.15) is 25.3 Å². The van der Waals surface area contributed by atoms with Gasteiger partial charge in [-0.25, -0.2) is 4.99 Å². The summed E-state index contributed by atoms with van der Waals surface area (Å²) in [6.07, 6.45) is 2.27. The predicted molar refractivity (Wildman–Crippen MR) is 89.9 cm³/mol. The molecule has 0 aromatic heterocycles. The first-order valence-corrected chi connectivity index (χ1v) is 8.33. The maximum atomic E-state index is 12.5. The minimum Gasteiger partial charge on any atom is -0.434 e. The van der Waals surface area contributed by atoms with E-state index in [1.54, 1.807) is 6.07 Å². The summed E-state index contributed by atoms with van der Waals surface area (Å²) in [7, 11) is 0. The van der Waals surface area contributed by atoms with E-state index >= 15 is 0 Å². The highest BCUT2D eigenvalue weighted by molar-refractivity contribution is 6.30. The molecule has 1 saturated heterocycles. The summed E-state index contributed by atoms with van der Waals surface area (Å²) >= 11 is 5.94. The Hall–Kier alpha value is -1.60. The molecule has 1 aromatic carbocycles. The number of rotatable bonds is 7. The Bertz CT molecular complexity index is 552. The molecule has 2 rings (SSSR count). The number of alkyl halides is 2. The Morgan fingerprint density at radius 1 is 1.46 bits per heavy atom. The largest absolute Gasteiger partial charge is 0.434 e. The molecular weight excluding hydrogens is 340 g/mol. The quantitative estimate of drug-likeness (QED) is 0.578. The molecule has 1 aromatic rings. The molecule has 134 valence electrons. The maximum absolute atomic E-state index is 12.5. The number of ether oxygens (including phenoxy) is 2. The SMILES string of the molecule is CCNC(=NCc1cc(Cl)ccc1OC(F)F)NCC1CCCO1. The normalized spacial score (nSPS) is 18.0. The summed E-state index contributed by atoms with van der Waals surface area (Å²) in [5.41, 5.74) is 0.497. The van der Waals surface area contributed by atoms with Crippen LogP contribution in [0.4, 0.5) is 8.78 Å². The first kappa shape index (κ1) is 18.7. The molecule has 2 N–H and O–H groups in total. The third-order valence-corrected chi connectivity index (χ3v) is 3.75. The third kappa shape index (κ3) is 6.13. The number of nitrogens with one attached hydrogen (secondary N) is 2. The lowest BCUT2D eigenvalue weighted by Gasteiger charge is -2.15. The van der Waals surface area contributed by atoms with Crippen molar-refractivity contribution >= 4 is 17.6 Å². The minimum absolute atomic E-state index is 0.0770. The van der Waals surface area contributed by atoms with Gasteiger partial charge in [0, 0.05) is 30.3 Å². The van der Waals surface area contributed by atoms with Gasteiger partial charge in [0.1, 0.15) is 5.75 Å². The number of nitrogens with zero attached hydrogens (tertiary/aromatic N) is 1. The lowest BCUT2D eigenvalue weighted by molar-refractivity contribution is -0.0504. The summed E-state index contributed by atoms with van der Waals surface area (Å²) in [5.74, 6) is 0.670. The topological polar surface area (TPSA) is 54.9 Å². The van der Waals surface area contributed by atoms with Crippen LogP contribution >= 0.6 is 11.6 Å². The van der Waals surface area contributed by atoms with Crippen molar-refractivity contribution in [1.82, 2.24) is 10.6 Å². The molecule has 0 bridgehead atoms. The molecule has 24 heavy (non-hydrogen) atoms. The average molecular weight is 362 g/mol. The van der Waals surface area contributed by atoms with Crippen molar-refractivity contribution in [3.05, 3.63) is 28.8 Å². The van der Waals surface area contributed by atoms with E-state index in [0.717, 1.165) is 19.4 Å². The Morgan fingerprint density at radius 3 is 2.96 bits per heavy atom. The zero-order valence-electron chi connectivity index (χ0n) is 13.5. The van der Waals surface area contributed by atoms with Gasteiger partial charge in [-0.2, -0.15) is 8.78 Å². The van der Waals surface area contributed by atoms with Gasteiger partial charge in [-0.3, -0.25) is 0 Å². The van der Waals surface area contributed by atoms with E-state index in [2.05, 4.69) is 20.4 Å². The first-order valence-electron chi connectivity index (χ1n) is 7.95. The third-order valence-electron chi connectivity index (χ3n) is 3.51. The molecule has 1 unspecified atom stereocenters. The summed E-state index contributed by atoms with van der Waals surface area (Å²) in [6, 6.07) is 4.51. The van der Waals surface area contributed by atoms with Crippen molar-refractivity contribution < 1.29 is 18.3 Å². The zero-order chi connectivity index (χ0) is 17.4. The second kappa shape index (κ2) is 9.64. The van der Waals surface area contributed by atoms with E-state index in [-0.39, 0.29) is 18.4 Å². The fourth-order valence-corrected chi connectivity index (χ4v) is 2.60. The number of halogens is 3. The lowest BCUT2D eigenvalue weighted by Crippen LogP contribution is -2.41. The van der Waals surface area contributed by atoms with E-state index in [1.807, 2.05) is 6.92 Å². The maximum Gasteiger partial charge on any atom is 0.387 e. The van der Waals surface area contributed by atoms with Gasteiger partial charge in [-0.15, -0.1) is 0 Å². The van der Waals surface area contributed by atoms with Crippen LogP contribution in [0, 0.1) is 0 Å². The number of hydrogen-bond donors (Lipinski definition) is 2. The molecule has 1 atom stereocenters. The molecule has 8 heteroatoms. The summed E-state index contributed by atoms with van der Waals surface area (Å²) in [6.45, 7) is 1.36. The summed E-state index contributed by atoms with van der Waals surface area (Å²) < 4.78 is 35.0. The molecule has 0 radical (unpaired) electrons. The molecule has 1 heterocycles. The van der Waals surface area contributed by atoms with Crippen LogP contribution in [0.15, 0.2) is 23.2 Å². The number of aliphatic imine (C=N–C) groups is 1. The standard InChI is InChI=1S/C16H22ClF2N3O2/c1-2-20-16(22-10-13-4-3-7-23-13)21-9-11-8-12(17)5-6-14(11)24-15(18)19/h5-6,8,13,15H,2-4,7,9-10H2,1H3,(H2,20,21,22).